The minimum Gasteiger partial charge on any atom is -0.481 e. The number of ether oxygens (including phenoxy) is 4. The Labute approximate surface area is 314 Å². The van der Waals surface area contributed by atoms with Gasteiger partial charge >= 0.3 is 5.97 Å². The fourth-order valence-corrected chi connectivity index (χ4v) is 14.2. The average Bonchev–Trinajstić information content (AvgIpc) is 3.52. The lowest BCUT2D eigenvalue weighted by atomic mass is 9.32. The van der Waals surface area contributed by atoms with E-state index in [-0.39, 0.29) is 47.2 Å². The molecule has 12 heteroatoms. The van der Waals surface area contributed by atoms with Gasteiger partial charge in [-0.05, 0) is 124 Å². The van der Waals surface area contributed by atoms with Gasteiger partial charge in [-0.3, -0.25) is 4.79 Å². The second-order valence-electron chi connectivity index (χ2n) is 19.5. The highest BCUT2D eigenvalue weighted by Gasteiger charge is 2.72. The van der Waals surface area contributed by atoms with Crippen molar-refractivity contribution >= 4 is 5.97 Å². The molecule has 302 valence electrons. The Morgan fingerprint density at radius 2 is 1.51 bits per heavy atom. The maximum Gasteiger partial charge on any atom is 0.309 e. The second kappa shape index (κ2) is 13.7. The molecule has 53 heavy (non-hydrogen) atoms. The van der Waals surface area contributed by atoms with E-state index in [9.17, 15) is 40.5 Å². The fourth-order valence-electron chi connectivity index (χ4n) is 14.2. The molecule has 7 fully saturated rings. The normalized spacial score (nSPS) is 56.7. The summed E-state index contributed by atoms with van der Waals surface area (Å²) in [6.45, 7) is 17.1. The summed E-state index contributed by atoms with van der Waals surface area (Å²) in [5.74, 6) is 0.490. The third-order valence-electron chi connectivity index (χ3n) is 17.4. The fraction of sp³-hybridized carbons (Fsp3) is 0.927. The van der Waals surface area contributed by atoms with Crippen LogP contribution in [0, 0.1) is 56.7 Å². The molecule has 5 saturated carbocycles. The van der Waals surface area contributed by atoms with E-state index in [0.29, 0.717) is 24.7 Å². The first-order valence-corrected chi connectivity index (χ1v) is 20.3. The van der Waals surface area contributed by atoms with Crippen LogP contribution in [0.25, 0.3) is 0 Å². The third kappa shape index (κ3) is 5.69. The smallest absolute Gasteiger partial charge is 0.309 e. The number of allylic oxidation sites excluding steroid dienone is 1. The Bertz CT molecular complexity index is 1410. The van der Waals surface area contributed by atoms with E-state index in [1.54, 1.807) is 0 Å². The highest BCUT2D eigenvalue weighted by atomic mass is 16.8. The van der Waals surface area contributed by atoms with Gasteiger partial charge in [0.25, 0.3) is 0 Å². The summed E-state index contributed by atoms with van der Waals surface area (Å²) < 4.78 is 24.3. The molecule has 2 heterocycles. The van der Waals surface area contributed by atoms with Crippen LogP contribution < -0.4 is 0 Å². The number of rotatable bonds is 7. The van der Waals surface area contributed by atoms with Gasteiger partial charge in [0.05, 0.1) is 30.8 Å². The van der Waals surface area contributed by atoms with E-state index < -0.39 is 78.2 Å². The number of carboxylic acids is 1. The van der Waals surface area contributed by atoms with Crippen LogP contribution in [0.3, 0.4) is 0 Å². The van der Waals surface area contributed by atoms with Gasteiger partial charge in [-0.25, -0.2) is 0 Å². The van der Waals surface area contributed by atoms with Crippen LogP contribution in [0.1, 0.15) is 106 Å². The zero-order valence-electron chi connectivity index (χ0n) is 32.5. The SMILES string of the molecule is C=C(C)[C@@H]1CC[C@]2(C(=O)O)CC[C@]3(C)C(CC[C@@H]4[C@@]5(C)CC[C@H](O[C@@H]6OC[C@H](O)[C@H](O)C6O[C@@H]6O[C@@H](C)[C@H](O)[C@@H](O)[C@H]6O)[C@@](C)(CO)[C@@H]5CC[C@]43C)[C@@H]12. The largest absolute Gasteiger partial charge is 0.481 e. The molecule has 2 unspecified atom stereocenters. The summed E-state index contributed by atoms with van der Waals surface area (Å²) in [5.41, 5.74) is -0.394. The topological polar surface area (TPSA) is 196 Å². The molecule has 7 aliphatic rings. The van der Waals surface area contributed by atoms with Crippen molar-refractivity contribution in [2.45, 2.75) is 167 Å². The van der Waals surface area contributed by atoms with E-state index in [0.717, 1.165) is 56.9 Å². The minimum atomic E-state index is -1.62. The van der Waals surface area contributed by atoms with Crippen molar-refractivity contribution in [3.8, 4) is 0 Å². The highest BCUT2D eigenvalue weighted by molar-refractivity contribution is 5.76. The van der Waals surface area contributed by atoms with Gasteiger partial charge in [0.1, 0.15) is 36.6 Å². The molecule has 0 aromatic rings. The van der Waals surface area contributed by atoms with Crippen LogP contribution in [-0.2, 0) is 23.7 Å². The second-order valence-corrected chi connectivity index (χ2v) is 19.5. The van der Waals surface area contributed by atoms with Gasteiger partial charge in [-0.2, -0.15) is 0 Å². The number of aliphatic hydroxyl groups is 6. The first-order valence-electron chi connectivity index (χ1n) is 20.3. The molecule has 2 aliphatic heterocycles. The number of hydrogen-bond donors (Lipinski definition) is 7. The number of carboxylic acid groups (broad SMARTS) is 1. The minimum absolute atomic E-state index is 0.0140. The monoisotopic (exact) mass is 750 g/mol. The molecule has 2 saturated heterocycles. The van der Waals surface area contributed by atoms with Crippen molar-refractivity contribution in [3.05, 3.63) is 12.2 Å². The lowest BCUT2D eigenvalue weighted by molar-refractivity contribution is -0.366. The summed E-state index contributed by atoms with van der Waals surface area (Å²) in [5, 5.41) is 74.9. The van der Waals surface area contributed by atoms with Gasteiger partial charge in [-0.15, -0.1) is 0 Å². The maximum atomic E-state index is 13.0. The molecule has 5 aliphatic carbocycles. The first-order chi connectivity index (χ1) is 24.8. The molecule has 20 atom stereocenters. The van der Waals surface area contributed by atoms with Crippen LogP contribution >= 0.6 is 0 Å². The number of carbonyl (C=O) groups is 1. The van der Waals surface area contributed by atoms with Gasteiger partial charge in [-0.1, -0.05) is 39.8 Å². The molecule has 0 spiro atoms. The molecular weight excluding hydrogens is 684 g/mol. The van der Waals surface area contributed by atoms with Crippen molar-refractivity contribution < 1.29 is 59.5 Å². The number of aliphatic carboxylic acids is 1. The third-order valence-corrected chi connectivity index (χ3v) is 17.4. The standard InChI is InChI=1S/C41H66O12/c1-20(2)22-10-15-41(36(48)49)17-16-39(6)23(28(22)41)8-9-26-37(4)13-12-27(38(5,19-42)25(37)11-14-40(26,39)7)52-35-33(30(45)24(43)18-50-35)53-34-32(47)31(46)29(44)21(3)51-34/h21-35,42-47H,1,8-19H2,2-7H3,(H,48,49)/t21-,22-,23?,24-,25+,26+,27-,28+,29-,30-,31+,32+,33?,34-,35-,37-,38-,39+,40+,41-/m0/s1. The quantitative estimate of drug-likeness (QED) is 0.148. The van der Waals surface area contributed by atoms with Crippen LogP contribution in [0.2, 0.25) is 0 Å². The van der Waals surface area contributed by atoms with Crippen molar-refractivity contribution in [1.82, 2.24) is 0 Å². The van der Waals surface area contributed by atoms with Gasteiger partial charge in [0.2, 0.25) is 0 Å². The number of fused-ring (bicyclic) bond motifs is 7. The van der Waals surface area contributed by atoms with Crippen LogP contribution in [0.5, 0.6) is 0 Å². The molecule has 0 radical (unpaired) electrons. The van der Waals surface area contributed by atoms with E-state index in [1.165, 1.54) is 6.92 Å². The highest BCUT2D eigenvalue weighted by Crippen LogP contribution is 2.77. The Kier molecular flexibility index (Phi) is 10.4. The van der Waals surface area contributed by atoms with Crippen LogP contribution in [0.4, 0.5) is 0 Å². The molecule has 12 nitrogen and oxygen atoms in total. The van der Waals surface area contributed by atoms with Crippen LogP contribution in [0.15, 0.2) is 12.2 Å². The van der Waals surface area contributed by atoms with E-state index in [1.807, 2.05) is 0 Å². The van der Waals surface area contributed by atoms with Crippen molar-refractivity contribution in [2.75, 3.05) is 13.2 Å². The zero-order valence-corrected chi connectivity index (χ0v) is 32.5. The Morgan fingerprint density at radius 3 is 2.17 bits per heavy atom. The number of aliphatic hydroxyl groups excluding tert-OH is 6. The van der Waals surface area contributed by atoms with E-state index in [4.69, 9.17) is 18.9 Å². The molecule has 0 aromatic carbocycles. The van der Waals surface area contributed by atoms with Gasteiger partial charge in [0, 0.05) is 5.41 Å². The zero-order chi connectivity index (χ0) is 38.6. The predicted molar refractivity (Wildman–Crippen MR) is 192 cm³/mol. The van der Waals surface area contributed by atoms with Crippen molar-refractivity contribution in [1.29, 1.82) is 0 Å². The molecule has 0 aromatic heterocycles. The lowest BCUT2D eigenvalue weighted by Gasteiger charge is -2.73. The number of hydrogen-bond acceptors (Lipinski definition) is 11. The van der Waals surface area contributed by atoms with E-state index >= 15 is 0 Å². The molecule has 7 N–H and O–H groups in total. The summed E-state index contributed by atoms with van der Waals surface area (Å²) >= 11 is 0. The molecule has 0 amide bonds. The first kappa shape index (κ1) is 40.0. The Hall–Kier alpha value is -1.19. The van der Waals surface area contributed by atoms with Crippen molar-refractivity contribution in [3.63, 3.8) is 0 Å². The molecular formula is C41H66O12. The summed E-state index contributed by atoms with van der Waals surface area (Å²) in [6, 6.07) is 0. The Morgan fingerprint density at radius 1 is 0.792 bits per heavy atom. The Balaban J connectivity index is 1.14. The van der Waals surface area contributed by atoms with E-state index in [2.05, 4.69) is 41.2 Å². The predicted octanol–water partition coefficient (Wildman–Crippen LogP) is 3.38. The summed E-state index contributed by atoms with van der Waals surface area (Å²) in [6.07, 6.45) is -3.90. The summed E-state index contributed by atoms with van der Waals surface area (Å²) in [4.78, 5) is 13.0. The average molecular weight is 751 g/mol. The summed E-state index contributed by atoms with van der Waals surface area (Å²) in [7, 11) is 0. The van der Waals surface area contributed by atoms with Crippen LogP contribution in [-0.4, -0.2) is 116 Å². The molecule has 7 rings (SSSR count). The van der Waals surface area contributed by atoms with Gasteiger partial charge < -0.3 is 54.7 Å². The lowest BCUT2D eigenvalue weighted by Crippen LogP contribution is -2.68. The van der Waals surface area contributed by atoms with Gasteiger partial charge in [0.15, 0.2) is 12.6 Å². The van der Waals surface area contributed by atoms with Crippen molar-refractivity contribution in [2.24, 2.45) is 56.7 Å². The maximum absolute atomic E-state index is 13.0. The molecule has 0 bridgehead atoms.